The molecule has 1 aliphatic heterocycles. The molecule has 0 fully saturated rings. The van der Waals surface area contributed by atoms with E-state index >= 15 is 0 Å². The molecule has 25 heavy (non-hydrogen) atoms. The Balaban J connectivity index is 2.40. The molecule has 0 spiro atoms. The second kappa shape index (κ2) is 10.6. The number of amidine groups is 1. The molecule has 1 heterocycles. The lowest BCUT2D eigenvalue weighted by Gasteiger charge is -2.22. The molecule has 4 heteroatoms. The summed E-state index contributed by atoms with van der Waals surface area (Å²) >= 11 is 0. The Hall–Kier alpha value is -1.39. The quantitative estimate of drug-likeness (QED) is 0.334. The lowest BCUT2D eigenvalue weighted by molar-refractivity contribution is 0.114. The molecule has 1 aliphatic rings. The van der Waals surface area contributed by atoms with Gasteiger partial charge < -0.3 is 10.0 Å². The van der Waals surface area contributed by atoms with E-state index in [0.29, 0.717) is 5.92 Å². The van der Waals surface area contributed by atoms with Gasteiger partial charge in [0.25, 0.3) is 0 Å². The molecule has 0 bridgehead atoms. The van der Waals surface area contributed by atoms with Crippen LogP contribution in [0.4, 0.5) is 0 Å². The molecule has 2 unspecified atom stereocenters. The molecule has 0 radical (unpaired) electrons. The van der Waals surface area contributed by atoms with Crippen molar-refractivity contribution in [3.63, 3.8) is 0 Å². The van der Waals surface area contributed by atoms with Gasteiger partial charge in [0.05, 0.1) is 5.54 Å². The van der Waals surface area contributed by atoms with E-state index < -0.39 is 6.23 Å². The third-order valence-corrected chi connectivity index (χ3v) is 4.67. The normalized spacial score (nSPS) is 21.0. The molecule has 4 nitrogen and oxygen atoms in total. The fourth-order valence-electron chi connectivity index (χ4n) is 3.48. The van der Waals surface area contributed by atoms with Crippen molar-refractivity contribution >= 4 is 5.84 Å². The average molecular weight is 348 g/mol. The van der Waals surface area contributed by atoms with Crippen LogP contribution < -0.4 is 5.32 Å². The number of rotatable bonds is 11. The number of aliphatic hydroxyl groups is 1. The Morgan fingerprint density at radius 2 is 2.12 bits per heavy atom. The number of hydrogen-bond donors (Lipinski definition) is 2. The van der Waals surface area contributed by atoms with Crippen molar-refractivity contribution in [1.29, 1.82) is 0 Å². The van der Waals surface area contributed by atoms with Crippen molar-refractivity contribution in [1.82, 2.24) is 10.2 Å². The van der Waals surface area contributed by atoms with Crippen LogP contribution >= 0.6 is 0 Å². The highest BCUT2D eigenvalue weighted by molar-refractivity contribution is 5.87. The number of aliphatic hydroxyl groups excluding tert-OH is 1. The SMILES string of the molecule is C=CC=C1N(C)C(CCCNC(O)CC(C=CC)CCC)=NC1(C)C. The van der Waals surface area contributed by atoms with Crippen LogP contribution in [0.15, 0.2) is 41.6 Å². The van der Waals surface area contributed by atoms with Gasteiger partial charge in [0, 0.05) is 19.2 Å². The van der Waals surface area contributed by atoms with E-state index in [1.807, 2.05) is 19.1 Å². The fraction of sp³-hybridized carbons (Fsp3) is 0.667. The monoisotopic (exact) mass is 347 g/mol. The van der Waals surface area contributed by atoms with Crippen LogP contribution in [0.3, 0.4) is 0 Å². The summed E-state index contributed by atoms with van der Waals surface area (Å²) in [5.74, 6) is 1.56. The van der Waals surface area contributed by atoms with Crippen LogP contribution in [0, 0.1) is 5.92 Å². The van der Waals surface area contributed by atoms with Gasteiger partial charge in [0.1, 0.15) is 12.1 Å². The summed E-state index contributed by atoms with van der Waals surface area (Å²) in [6, 6.07) is 0. The summed E-state index contributed by atoms with van der Waals surface area (Å²) in [6.07, 6.45) is 12.6. The maximum Gasteiger partial charge on any atom is 0.105 e. The first-order valence-corrected chi connectivity index (χ1v) is 9.55. The third-order valence-electron chi connectivity index (χ3n) is 4.67. The van der Waals surface area contributed by atoms with Crippen LogP contribution in [0.1, 0.15) is 59.8 Å². The van der Waals surface area contributed by atoms with Crippen molar-refractivity contribution in [3.05, 3.63) is 36.6 Å². The van der Waals surface area contributed by atoms with Crippen molar-refractivity contribution in [2.24, 2.45) is 10.9 Å². The number of aliphatic imine (C=N–C) groups is 1. The maximum absolute atomic E-state index is 10.2. The zero-order chi connectivity index (χ0) is 18.9. The van der Waals surface area contributed by atoms with E-state index in [1.54, 1.807) is 0 Å². The number of nitrogens with one attached hydrogen (secondary N) is 1. The van der Waals surface area contributed by atoms with Gasteiger partial charge in [-0.25, -0.2) is 0 Å². The summed E-state index contributed by atoms with van der Waals surface area (Å²) in [4.78, 5) is 7.01. The molecular weight excluding hydrogens is 310 g/mol. The van der Waals surface area contributed by atoms with Crippen molar-refractivity contribution in [2.75, 3.05) is 13.6 Å². The molecule has 2 atom stereocenters. The van der Waals surface area contributed by atoms with Crippen molar-refractivity contribution < 1.29 is 5.11 Å². The molecular formula is C21H37N3O. The number of likely N-dealkylation sites (N-methyl/N-ethyl adjacent to an activating group) is 1. The summed E-state index contributed by atoms with van der Waals surface area (Å²) in [7, 11) is 2.07. The fourth-order valence-corrected chi connectivity index (χ4v) is 3.48. The predicted molar refractivity (Wildman–Crippen MR) is 109 cm³/mol. The van der Waals surface area contributed by atoms with Crippen LogP contribution in [0.2, 0.25) is 0 Å². The highest BCUT2D eigenvalue weighted by Crippen LogP contribution is 2.31. The standard InChI is InChI=1S/C21H37N3O/c1-7-11-17(12-8-2)16-20(25)22-15-10-14-19-23-21(4,5)18(13-9-3)24(19)6/h7,9,11,13,17,20,22,25H,3,8,10,12,14-16H2,1-2,4-6H3. The first-order valence-electron chi connectivity index (χ1n) is 9.55. The van der Waals surface area contributed by atoms with Gasteiger partial charge in [0.2, 0.25) is 0 Å². The van der Waals surface area contributed by atoms with Gasteiger partial charge in [-0.3, -0.25) is 10.3 Å². The highest BCUT2D eigenvalue weighted by atomic mass is 16.3. The zero-order valence-electron chi connectivity index (χ0n) is 16.8. The van der Waals surface area contributed by atoms with E-state index in [0.717, 1.165) is 44.5 Å². The van der Waals surface area contributed by atoms with E-state index in [1.165, 1.54) is 5.70 Å². The van der Waals surface area contributed by atoms with Gasteiger partial charge >= 0.3 is 0 Å². The number of nitrogens with zero attached hydrogens (tertiary/aromatic N) is 2. The molecule has 0 aromatic rings. The van der Waals surface area contributed by atoms with Crippen molar-refractivity contribution in [2.45, 2.75) is 71.6 Å². The van der Waals surface area contributed by atoms with E-state index in [9.17, 15) is 5.11 Å². The van der Waals surface area contributed by atoms with Crippen molar-refractivity contribution in [3.8, 4) is 0 Å². The third kappa shape index (κ3) is 6.79. The molecule has 1 rings (SSSR count). The lowest BCUT2D eigenvalue weighted by atomic mass is 9.98. The molecule has 142 valence electrons. The van der Waals surface area contributed by atoms with E-state index in [-0.39, 0.29) is 5.54 Å². The summed E-state index contributed by atoms with van der Waals surface area (Å²) < 4.78 is 0. The van der Waals surface area contributed by atoms with Gasteiger partial charge in [0.15, 0.2) is 0 Å². The first-order chi connectivity index (χ1) is 11.9. The minimum atomic E-state index is -0.441. The molecule has 0 amide bonds. The summed E-state index contributed by atoms with van der Waals surface area (Å²) in [5.41, 5.74) is 0.990. The number of hydrogen-bond acceptors (Lipinski definition) is 4. The Bertz CT molecular complexity index is 505. The largest absolute Gasteiger partial charge is 0.379 e. The molecule has 0 saturated carbocycles. The Labute approximate surface area is 154 Å². The summed E-state index contributed by atoms with van der Waals surface area (Å²) in [6.45, 7) is 13.1. The second-order valence-corrected chi connectivity index (χ2v) is 7.32. The van der Waals surface area contributed by atoms with E-state index in [2.05, 4.69) is 56.8 Å². The zero-order valence-corrected chi connectivity index (χ0v) is 16.8. The van der Waals surface area contributed by atoms with Gasteiger partial charge in [-0.15, -0.1) is 0 Å². The molecule has 0 aliphatic carbocycles. The minimum Gasteiger partial charge on any atom is -0.379 e. The Morgan fingerprint density at radius 1 is 1.40 bits per heavy atom. The summed E-state index contributed by atoms with van der Waals surface area (Å²) in [5, 5.41) is 13.4. The molecule has 0 aromatic carbocycles. The second-order valence-electron chi connectivity index (χ2n) is 7.32. The van der Waals surface area contributed by atoms with E-state index in [4.69, 9.17) is 4.99 Å². The highest BCUT2D eigenvalue weighted by Gasteiger charge is 2.33. The molecule has 0 saturated heterocycles. The van der Waals surface area contributed by atoms with Gasteiger partial charge in [-0.05, 0) is 58.6 Å². The lowest BCUT2D eigenvalue weighted by Crippen LogP contribution is -2.32. The van der Waals surface area contributed by atoms with Crippen LogP contribution in [0.25, 0.3) is 0 Å². The van der Waals surface area contributed by atoms with Crippen LogP contribution in [0.5, 0.6) is 0 Å². The Morgan fingerprint density at radius 3 is 2.72 bits per heavy atom. The van der Waals surface area contributed by atoms with Crippen LogP contribution in [-0.4, -0.2) is 41.2 Å². The predicted octanol–water partition coefficient (Wildman–Crippen LogP) is 4.25. The topological polar surface area (TPSA) is 47.9 Å². The minimum absolute atomic E-state index is 0.189. The first kappa shape index (κ1) is 21.7. The van der Waals surface area contributed by atoms with Crippen LogP contribution in [-0.2, 0) is 0 Å². The smallest absolute Gasteiger partial charge is 0.105 e. The maximum atomic E-state index is 10.2. The molecule has 2 N–H and O–H groups in total. The number of allylic oxidation sites excluding steroid dienone is 4. The average Bonchev–Trinajstić information content (AvgIpc) is 2.75. The Kier molecular flexibility index (Phi) is 9.15. The van der Waals surface area contributed by atoms with Gasteiger partial charge in [-0.2, -0.15) is 0 Å². The molecule has 0 aromatic heterocycles. The van der Waals surface area contributed by atoms with Gasteiger partial charge in [-0.1, -0.05) is 38.2 Å².